The maximum atomic E-state index is 12.4. The first-order chi connectivity index (χ1) is 12.8. The van der Waals surface area contributed by atoms with E-state index in [2.05, 4.69) is 18.7 Å². The van der Waals surface area contributed by atoms with Crippen LogP contribution >= 0.6 is 0 Å². The summed E-state index contributed by atoms with van der Waals surface area (Å²) in [5, 5.41) is 0. The fourth-order valence-electron chi connectivity index (χ4n) is 4.25. The Balaban J connectivity index is 1.95. The molecule has 26 heavy (non-hydrogen) atoms. The predicted molar refractivity (Wildman–Crippen MR) is 115 cm³/mol. The summed E-state index contributed by atoms with van der Waals surface area (Å²) in [5.74, 6) is 1.31. The van der Waals surface area contributed by atoms with Gasteiger partial charge in [-0.3, -0.25) is 4.79 Å². The van der Waals surface area contributed by atoms with Gasteiger partial charge in [0.25, 0.3) is 0 Å². The van der Waals surface area contributed by atoms with Crippen LogP contribution in [0.2, 0.25) is 0 Å². The van der Waals surface area contributed by atoms with E-state index in [1.54, 1.807) is 0 Å². The molecule has 0 unspecified atom stereocenters. The Morgan fingerprint density at radius 3 is 1.69 bits per heavy atom. The van der Waals surface area contributed by atoms with E-state index < -0.39 is 0 Å². The van der Waals surface area contributed by atoms with Crippen LogP contribution in [0.1, 0.15) is 129 Å². The van der Waals surface area contributed by atoms with Crippen molar-refractivity contribution in [2.24, 2.45) is 5.92 Å². The molecule has 0 aromatic heterocycles. The lowest BCUT2D eigenvalue weighted by Crippen LogP contribution is -2.38. The molecule has 0 radical (unpaired) electrons. The molecule has 0 N–H and O–H groups in total. The largest absolute Gasteiger partial charge is 0.343 e. The maximum Gasteiger partial charge on any atom is 0.222 e. The summed E-state index contributed by atoms with van der Waals surface area (Å²) in [6.07, 6.45) is 23.6. The fourth-order valence-corrected chi connectivity index (χ4v) is 4.25. The number of unbranched alkanes of at least 4 members (excludes halogenated alkanes) is 12. The number of hydrogen-bond acceptors (Lipinski definition) is 1. The zero-order valence-electron chi connectivity index (χ0n) is 18.1. The Hall–Kier alpha value is -0.530. The van der Waals surface area contributed by atoms with Crippen molar-refractivity contribution in [3.8, 4) is 0 Å². The molecule has 154 valence electrons. The van der Waals surface area contributed by atoms with Gasteiger partial charge in [-0.05, 0) is 25.2 Å². The van der Waals surface area contributed by atoms with E-state index in [9.17, 15) is 4.79 Å². The van der Waals surface area contributed by atoms with Crippen molar-refractivity contribution in [3.63, 3.8) is 0 Å². The van der Waals surface area contributed by atoms with E-state index in [0.29, 0.717) is 5.91 Å². The van der Waals surface area contributed by atoms with Crippen LogP contribution in [0.4, 0.5) is 0 Å². The van der Waals surface area contributed by atoms with Crippen LogP contribution < -0.4 is 0 Å². The second-order valence-corrected chi connectivity index (χ2v) is 8.61. The molecule has 0 aromatic rings. The zero-order valence-corrected chi connectivity index (χ0v) is 18.1. The highest BCUT2D eigenvalue weighted by Gasteiger charge is 2.21. The monoisotopic (exact) mass is 365 g/mol. The summed E-state index contributed by atoms with van der Waals surface area (Å²) in [6.45, 7) is 6.59. The first kappa shape index (κ1) is 23.5. The molecule has 0 saturated carbocycles. The van der Waals surface area contributed by atoms with Gasteiger partial charge in [0.15, 0.2) is 0 Å². The normalized spacial score (nSPS) is 15.5. The van der Waals surface area contributed by atoms with E-state index in [1.165, 1.54) is 103 Å². The molecule has 1 saturated heterocycles. The summed E-state index contributed by atoms with van der Waals surface area (Å²) in [4.78, 5) is 14.5. The van der Waals surface area contributed by atoms with E-state index in [0.717, 1.165) is 31.8 Å². The van der Waals surface area contributed by atoms with Crippen LogP contribution in [0.25, 0.3) is 0 Å². The molecular weight excluding hydrogens is 318 g/mol. The van der Waals surface area contributed by atoms with Crippen LogP contribution in [0.5, 0.6) is 0 Å². The van der Waals surface area contributed by atoms with Crippen molar-refractivity contribution in [3.05, 3.63) is 0 Å². The number of amides is 1. The SMILES string of the molecule is CCCCCCCCCC(=O)N1CCC(CCCCCCCCC)CC1. The summed E-state index contributed by atoms with van der Waals surface area (Å²) in [6, 6.07) is 0. The number of hydrogen-bond donors (Lipinski definition) is 0. The van der Waals surface area contributed by atoms with Gasteiger partial charge >= 0.3 is 0 Å². The molecule has 2 heteroatoms. The third-order valence-electron chi connectivity index (χ3n) is 6.18. The van der Waals surface area contributed by atoms with Crippen molar-refractivity contribution < 1.29 is 4.79 Å². The molecule has 0 bridgehead atoms. The molecule has 1 rings (SSSR count). The Labute approximate surface area is 164 Å². The van der Waals surface area contributed by atoms with Gasteiger partial charge in [-0.15, -0.1) is 0 Å². The average Bonchev–Trinajstić information content (AvgIpc) is 2.67. The first-order valence-corrected chi connectivity index (χ1v) is 12.1. The minimum Gasteiger partial charge on any atom is -0.343 e. The van der Waals surface area contributed by atoms with Gasteiger partial charge in [-0.25, -0.2) is 0 Å². The van der Waals surface area contributed by atoms with Crippen LogP contribution in [-0.4, -0.2) is 23.9 Å². The van der Waals surface area contributed by atoms with E-state index in [1.807, 2.05) is 0 Å². The molecular formula is C24H47NO. The number of rotatable bonds is 16. The highest BCUT2D eigenvalue weighted by molar-refractivity contribution is 5.76. The Morgan fingerprint density at radius 2 is 1.15 bits per heavy atom. The molecule has 1 fully saturated rings. The van der Waals surface area contributed by atoms with E-state index >= 15 is 0 Å². The second kappa shape index (κ2) is 16.6. The molecule has 1 aliphatic heterocycles. The second-order valence-electron chi connectivity index (χ2n) is 8.61. The van der Waals surface area contributed by atoms with Crippen LogP contribution in [0, 0.1) is 5.92 Å². The van der Waals surface area contributed by atoms with Crippen LogP contribution in [0.3, 0.4) is 0 Å². The van der Waals surface area contributed by atoms with Gasteiger partial charge in [0.2, 0.25) is 5.91 Å². The average molecular weight is 366 g/mol. The first-order valence-electron chi connectivity index (χ1n) is 12.1. The highest BCUT2D eigenvalue weighted by atomic mass is 16.2. The maximum absolute atomic E-state index is 12.4. The van der Waals surface area contributed by atoms with Crippen LogP contribution in [0.15, 0.2) is 0 Å². The lowest BCUT2D eigenvalue weighted by molar-refractivity contribution is -0.132. The molecule has 1 aliphatic rings. The van der Waals surface area contributed by atoms with Crippen molar-refractivity contribution in [1.29, 1.82) is 0 Å². The standard InChI is InChI=1S/C24H47NO/c1-3-5-7-9-11-13-15-17-23-19-21-25(22-20-23)24(26)18-16-14-12-10-8-6-4-2/h23H,3-22H2,1-2H3. The summed E-state index contributed by atoms with van der Waals surface area (Å²) in [5.41, 5.74) is 0. The smallest absolute Gasteiger partial charge is 0.222 e. The van der Waals surface area contributed by atoms with E-state index in [4.69, 9.17) is 0 Å². The Morgan fingerprint density at radius 1 is 0.692 bits per heavy atom. The minimum atomic E-state index is 0.424. The van der Waals surface area contributed by atoms with Gasteiger partial charge in [-0.2, -0.15) is 0 Å². The van der Waals surface area contributed by atoms with Gasteiger partial charge in [0.05, 0.1) is 0 Å². The van der Waals surface area contributed by atoms with Crippen molar-refractivity contribution >= 4 is 5.91 Å². The molecule has 1 heterocycles. The molecule has 1 amide bonds. The number of carbonyl (C=O) groups excluding carboxylic acids is 1. The topological polar surface area (TPSA) is 20.3 Å². The fraction of sp³-hybridized carbons (Fsp3) is 0.958. The molecule has 0 spiro atoms. The molecule has 2 nitrogen and oxygen atoms in total. The molecule has 0 atom stereocenters. The van der Waals surface area contributed by atoms with Gasteiger partial charge in [-0.1, -0.05) is 104 Å². The highest BCUT2D eigenvalue weighted by Crippen LogP contribution is 2.24. The quantitative estimate of drug-likeness (QED) is 0.259. The zero-order chi connectivity index (χ0) is 18.9. The number of nitrogens with zero attached hydrogens (tertiary/aromatic N) is 1. The number of likely N-dealkylation sites (tertiary alicyclic amines) is 1. The van der Waals surface area contributed by atoms with Gasteiger partial charge in [0.1, 0.15) is 0 Å². The van der Waals surface area contributed by atoms with Crippen molar-refractivity contribution in [2.45, 2.75) is 129 Å². The third kappa shape index (κ3) is 12.0. The van der Waals surface area contributed by atoms with Crippen molar-refractivity contribution in [2.75, 3.05) is 13.1 Å². The van der Waals surface area contributed by atoms with E-state index in [-0.39, 0.29) is 0 Å². The lowest BCUT2D eigenvalue weighted by atomic mass is 9.91. The van der Waals surface area contributed by atoms with Crippen molar-refractivity contribution in [1.82, 2.24) is 4.90 Å². The predicted octanol–water partition coefficient (Wildman–Crippen LogP) is 7.51. The van der Waals surface area contributed by atoms with Gasteiger partial charge < -0.3 is 4.90 Å². The number of piperidine rings is 1. The summed E-state index contributed by atoms with van der Waals surface area (Å²) < 4.78 is 0. The van der Waals surface area contributed by atoms with Crippen LogP contribution in [-0.2, 0) is 4.79 Å². The Bertz CT molecular complexity index is 320. The van der Waals surface area contributed by atoms with Gasteiger partial charge in [0, 0.05) is 19.5 Å². The molecule has 0 aromatic carbocycles. The molecule has 0 aliphatic carbocycles. The summed E-state index contributed by atoms with van der Waals surface area (Å²) in [7, 11) is 0. The lowest BCUT2D eigenvalue weighted by Gasteiger charge is -2.32. The minimum absolute atomic E-state index is 0.424. The third-order valence-corrected chi connectivity index (χ3v) is 6.18. The number of carbonyl (C=O) groups is 1. The Kier molecular flexibility index (Phi) is 15.0. The summed E-state index contributed by atoms with van der Waals surface area (Å²) >= 11 is 0.